The van der Waals surface area contributed by atoms with E-state index in [4.69, 9.17) is 4.74 Å². The fourth-order valence-corrected chi connectivity index (χ4v) is 2.69. The minimum Gasteiger partial charge on any atom is -0.496 e. The van der Waals surface area contributed by atoms with Crippen LogP contribution in [0, 0.1) is 6.92 Å². The van der Waals surface area contributed by atoms with Crippen molar-refractivity contribution in [1.82, 2.24) is 0 Å². The van der Waals surface area contributed by atoms with E-state index in [1.54, 1.807) is 7.11 Å². The van der Waals surface area contributed by atoms with Gasteiger partial charge in [-0.25, -0.2) is 0 Å². The summed E-state index contributed by atoms with van der Waals surface area (Å²) in [4.78, 5) is 0. The molecule has 1 heteroatoms. The summed E-state index contributed by atoms with van der Waals surface area (Å²) in [6.07, 6.45) is 1.24. The second kappa shape index (κ2) is 4.49. The maximum absolute atomic E-state index is 5.45. The lowest BCUT2D eigenvalue weighted by atomic mass is 10.0. The van der Waals surface area contributed by atoms with Crippen LogP contribution in [-0.4, -0.2) is 7.11 Å². The van der Waals surface area contributed by atoms with E-state index < -0.39 is 0 Å². The molecule has 0 spiro atoms. The Morgan fingerprint density at radius 1 is 0.944 bits per heavy atom. The molecule has 1 saturated carbocycles. The number of benzene rings is 2. The predicted molar refractivity (Wildman–Crippen MR) is 74.3 cm³/mol. The van der Waals surface area contributed by atoms with Crippen molar-refractivity contribution in [3.05, 3.63) is 65.2 Å². The van der Waals surface area contributed by atoms with Gasteiger partial charge in [-0.15, -0.1) is 0 Å². The smallest absolute Gasteiger partial charge is 0.122 e. The van der Waals surface area contributed by atoms with Crippen molar-refractivity contribution >= 4 is 0 Å². The van der Waals surface area contributed by atoms with Crippen molar-refractivity contribution in [1.29, 1.82) is 0 Å². The van der Waals surface area contributed by atoms with Crippen LogP contribution in [0.3, 0.4) is 0 Å². The molecular weight excluding hydrogens is 220 g/mol. The predicted octanol–water partition coefficient (Wildman–Crippen LogP) is 4.27. The number of ether oxygens (including phenoxy) is 1. The summed E-state index contributed by atoms with van der Waals surface area (Å²) in [5, 5.41) is 0. The Balaban J connectivity index is 1.83. The average Bonchev–Trinajstić information content (AvgIpc) is 3.20. The first kappa shape index (κ1) is 11.3. The molecule has 18 heavy (non-hydrogen) atoms. The highest BCUT2D eigenvalue weighted by Crippen LogP contribution is 2.56. The third-order valence-corrected chi connectivity index (χ3v) is 3.83. The Kier molecular flexibility index (Phi) is 2.83. The molecule has 3 rings (SSSR count). The maximum atomic E-state index is 5.45. The van der Waals surface area contributed by atoms with Crippen LogP contribution in [0.15, 0.2) is 48.5 Å². The number of hydrogen-bond donors (Lipinski definition) is 0. The zero-order valence-corrected chi connectivity index (χ0v) is 10.9. The van der Waals surface area contributed by atoms with Crippen molar-refractivity contribution in [2.24, 2.45) is 0 Å². The molecule has 2 unspecified atom stereocenters. The van der Waals surface area contributed by atoms with E-state index >= 15 is 0 Å². The van der Waals surface area contributed by atoms with Gasteiger partial charge in [0.1, 0.15) is 5.75 Å². The van der Waals surface area contributed by atoms with Gasteiger partial charge in [0.15, 0.2) is 0 Å². The van der Waals surface area contributed by atoms with Gasteiger partial charge >= 0.3 is 0 Å². The first-order chi connectivity index (χ1) is 8.79. The molecule has 2 aromatic carbocycles. The SMILES string of the molecule is COc1ccccc1C1CC1c1ccc(C)cc1. The highest BCUT2D eigenvalue weighted by molar-refractivity contribution is 5.44. The Morgan fingerprint density at radius 3 is 2.39 bits per heavy atom. The van der Waals surface area contributed by atoms with Gasteiger partial charge in [-0.05, 0) is 42.4 Å². The molecule has 1 aliphatic rings. The van der Waals surface area contributed by atoms with Crippen molar-refractivity contribution in [3.63, 3.8) is 0 Å². The monoisotopic (exact) mass is 238 g/mol. The number of hydrogen-bond acceptors (Lipinski definition) is 1. The van der Waals surface area contributed by atoms with Gasteiger partial charge in [-0.1, -0.05) is 48.0 Å². The minimum absolute atomic E-state index is 0.629. The molecule has 1 fully saturated rings. The summed E-state index contributed by atoms with van der Waals surface area (Å²) in [5.74, 6) is 2.32. The normalized spacial score (nSPS) is 21.7. The van der Waals surface area contributed by atoms with Crippen LogP contribution in [0.5, 0.6) is 5.75 Å². The van der Waals surface area contributed by atoms with Gasteiger partial charge in [0, 0.05) is 0 Å². The highest BCUT2D eigenvalue weighted by atomic mass is 16.5. The minimum atomic E-state index is 0.629. The number of para-hydroxylation sites is 1. The molecule has 0 aliphatic heterocycles. The van der Waals surface area contributed by atoms with Gasteiger partial charge in [0.25, 0.3) is 0 Å². The van der Waals surface area contributed by atoms with Crippen molar-refractivity contribution in [2.75, 3.05) is 7.11 Å². The van der Waals surface area contributed by atoms with E-state index in [1.807, 2.05) is 6.07 Å². The second-order valence-corrected chi connectivity index (χ2v) is 5.10. The standard InChI is InChI=1S/C17H18O/c1-12-7-9-13(10-8-12)15-11-16(15)14-5-3-4-6-17(14)18-2/h3-10,15-16H,11H2,1-2H3. The van der Waals surface area contributed by atoms with E-state index in [0.717, 1.165) is 5.75 Å². The zero-order valence-electron chi connectivity index (χ0n) is 10.9. The molecule has 0 radical (unpaired) electrons. The topological polar surface area (TPSA) is 9.23 Å². The zero-order chi connectivity index (χ0) is 12.5. The third-order valence-electron chi connectivity index (χ3n) is 3.83. The molecule has 1 nitrogen and oxygen atoms in total. The fourth-order valence-electron chi connectivity index (χ4n) is 2.69. The van der Waals surface area contributed by atoms with Crippen molar-refractivity contribution in [2.45, 2.75) is 25.2 Å². The summed E-state index contributed by atoms with van der Waals surface area (Å²) >= 11 is 0. The number of methoxy groups -OCH3 is 1. The van der Waals surface area contributed by atoms with Gasteiger partial charge in [-0.2, -0.15) is 0 Å². The molecule has 0 bridgehead atoms. The average molecular weight is 238 g/mol. The lowest BCUT2D eigenvalue weighted by molar-refractivity contribution is 0.409. The molecule has 1 aliphatic carbocycles. The molecule has 0 N–H and O–H groups in total. The first-order valence-electron chi connectivity index (χ1n) is 6.49. The van der Waals surface area contributed by atoms with E-state index in [2.05, 4.69) is 49.4 Å². The largest absolute Gasteiger partial charge is 0.496 e. The summed E-state index contributed by atoms with van der Waals surface area (Å²) in [5.41, 5.74) is 4.13. The molecule has 2 aromatic rings. The first-order valence-corrected chi connectivity index (χ1v) is 6.49. The van der Waals surface area contributed by atoms with E-state index in [1.165, 1.54) is 23.1 Å². The fraction of sp³-hybridized carbons (Fsp3) is 0.294. The molecular formula is C17H18O. The van der Waals surface area contributed by atoms with E-state index in [-0.39, 0.29) is 0 Å². The Hall–Kier alpha value is -1.76. The van der Waals surface area contributed by atoms with Crippen LogP contribution >= 0.6 is 0 Å². The van der Waals surface area contributed by atoms with Gasteiger partial charge in [0.2, 0.25) is 0 Å². The van der Waals surface area contributed by atoms with Crippen LogP contribution in [0.4, 0.5) is 0 Å². The number of rotatable bonds is 3. The lowest BCUT2D eigenvalue weighted by Gasteiger charge is -2.07. The van der Waals surface area contributed by atoms with E-state index in [0.29, 0.717) is 11.8 Å². The molecule has 2 atom stereocenters. The molecule has 92 valence electrons. The maximum Gasteiger partial charge on any atom is 0.122 e. The molecule has 0 saturated heterocycles. The van der Waals surface area contributed by atoms with Crippen LogP contribution in [-0.2, 0) is 0 Å². The Labute approximate surface area is 108 Å². The molecule has 0 aromatic heterocycles. The lowest BCUT2D eigenvalue weighted by Crippen LogP contribution is -1.91. The van der Waals surface area contributed by atoms with Gasteiger partial charge in [0.05, 0.1) is 7.11 Å². The Bertz CT molecular complexity index is 542. The number of aryl methyl sites for hydroxylation is 1. The molecule has 0 amide bonds. The summed E-state index contributed by atoms with van der Waals surface area (Å²) < 4.78 is 5.45. The molecule has 0 heterocycles. The van der Waals surface area contributed by atoms with Crippen LogP contribution in [0.25, 0.3) is 0 Å². The summed E-state index contributed by atoms with van der Waals surface area (Å²) in [6.45, 7) is 2.13. The van der Waals surface area contributed by atoms with E-state index in [9.17, 15) is 0 Å². The van der Waals surface area contributed by atoms with Crippen molar-refractivity contribution in [3.8, 4) is 5.75 Å². The third kappa shape index (κ3) is 2.01. The van der Waals surface area contributed by atoms with Crippen LogP contribution in [0.1, 0.15) is 34.9 Å². The van der Waals surface area contributed by atoms with Crippen LogP contribution in [0.2, 0.25) is 0 Å². The van der Waals surface area contributed by atoms with Crippen molar-refractivity contribution < 1.29 is 4.74 Å². The quantitative estimate of drug-likeness (QED) is 0.775. The van der Waals surface area contributed by atoms with Gasteiger partial charge in [-0.3, -0.25) is 0 Å². The second-order valence-electron chi connectivity index (χ2n) is 5.10. The summed E-state index contributed by atoms with van der Waals surface area (Å²) in [7, 11) is 1.75. The van der Waals surface area contributed by atoms with Crippen LogP contribution < -0.4 is 4.74 Å². The van der Waals surface area contributed by atoms with Gasteiger partial charge < -0.3 is 4.74 Å². The summed E-state index contributed by atoms with van der Waals surface area (Å²) in [6, 6.07) is 17.3. The Morgan fingerprint density at radius 2 is 1.67 bits per heavy atom. The highest BCUT2D eigenvalue weighted by Gasteiger charge is 2.40.